The van der Waals surface area contributed by atoms with Gasteiger partial charge >= 0.3 is 6.09 Å². The van der Waals surface area contributed by atoms with E-state index in [2.05, 4.69) is 6.07 Å². The lowest BCUT2D eigenvalue weighted by Crippen LogP contribution is -2.57. The minimum absolute atomic E-state index is 0.0467. The number of piperidine rings is 1. The molecule has 0 saturated carbocycles. The number of aliphatic hydroxyl groups is 1. The van der Waals surface area contributed by atoms with Crippen molar-refractivity contribution in [3.05, 3.63) is 0 Å². The highest BCUT2D eigenvalue weighted by atomic mass is 16.6. The van der Waals surface area contributed by atoms with Crippen molar-refractivity contribution in [1.29, 1.82) is 5.26 Å². The third kappa shape index (κ3) is 4.61. The Hall–Kier alpha value is -1.32. The Morgan fingerprint density at radius 1 is 1.42 bits per heavy atom. The van der Waals surface area contributed by atoms with E-state index >= 15 is 0 Å². The summed E-state index contributed by atoms with van der Waals surface area (Å²) in [5.74, 6) is -0.0582. The second-order valence-corrected chi connectivity index (χ2v) is 8.63. The molecule has 0 radical (unpaired) electrons. The van der Waals surface area contributed by atoms with Crippen LogP contribution in [0, 0.1) is 17.2 Å². The highest BCUT2D eigenvalue weighted by Gasteiger charge is 2.50. The lowest BCUT2D eigenvalue weighted by atomic mass is 9.85. The fourth-order valence-electron chi connectivity index (χ4n) is 4.14. The Morgan fingerprint density at radius 2 is 1.96 bits per heavy atom. The van der Waals surface area contributed by atoms with Crippen molar-refractivity contribution in [3.8, 4) is 6.07 Å². The highest BCUT2D eigenvalue weighted by molar-refractivity contribution is 5.69. The molecule has 3 unspecified atom stereocenters. The molecule has 0 aromatic heterocycles. The van der Waals surface area contributed by atoms with Gasteiger partial charge in [-0.25, -0.2) is 4.79 Å². The lowest BCUT2D eigenvalue weighted by Gasteiger charge is -2.45. The normalized spacial score (nSPS) is 31.0. The van der Waals surface area contributed by atoms with Gasteiger partial charge in [0.15, 0.2) is 0 Å². The van der Waals surface area contributed by atoms with Gasteiger partial charge in [0.25, 0.3) is 0 Å². The summed E-state index contributed by atoms with van der Waals surface area (Å²) in [4.78, 5) is 16.3. The molecule has 6 heteroatoms. The maximum atomic E-state index is 12.5. The molecule has 0 aromatic carbocycles. The number of carbonyl (C=O) groups excluding carboxylic acids is 1. The first-order valence-corrected chi connectivity index (χ1v) is 8.85. The van der Waals surface area contributed by atoms with Crippen LogP contribution in [0.5, 0.6) is 0 Å². The number of ether oxygens (including phenoxy) is 1. The molecule has 2 bridgehead atoms. The first-order valence-electron chi connectivity index (χ1n) is 8.85. The van der Waals surface area contributed by atoms with E-state index in [4.69, 9.17) is 10.00 Å². The van der Waals surface area contributed by atoms with E-state index in [1.54, 1.807) is 0 Å². The predicted molar refractivity (Wildman–Crippen MR) is 91.3 cm³/mol. The summed E-state index contributed by atoms with van der Waals surface area (Å²) in [6.07, 6.45) is 2.74. The number of fused-ring (bicyclic) bond motifs is 2. The Labute approximate surface area is 145 Å². The Bertz CT molecular complexity index is 495. The molecule has 0 aliphatic carbocycles. The third-order valence-electron chi connectivity index (χ3n) is 4.83. The van der Waals surface area contributed by atoms with Gasteiger partial charge in [-0.1, -0.05) is 0 Å². The van der Waals surface area contributed by atoms with E-state index in [1.807, 2.05) is 44.5 Å². The zero-order chi connectivity index (χ0) is 18.1. The highest BCUT2D eigenvalue weighted by Crippen LogP contribution is 2.41. The van der Waals surface area contributed by atoms with E-state index < -0.39 is 11.2 Å². The summed E-state index contributed by atoms with van der Waals surface area (Å²) in [6, 6.07) is 2.32. The van der Waals surface area contributed by atoms with E-state index in [-0.39, 0.29) is 24.1 Å². The van der Waals surface area contributed by atoms with Crippen LogP contribution < -0.4 is 0 Å². The van der Waals surface area contributed by atoms with Crippen molar-refractivity contribution >= 4 is 6.09 Å². The minimum Gasteiger partial charge on any atom is -0.444 e. The maximum absolute atomic E-state index is 12.5. The second-order valence-electron chi connectivity index (χ2n) is 8.63. The van der Waals surface area contributed by atoms with Crippen LogP contribution in [0.25, 0.3) is 0 Å². The van der Waals surface area contributed by atoms with Crippen LogP contribution in [-0.2, 0) is 4.74 Å². The molecule has 2 aliphatic heterocycles. The molecule has 1 amide bonds. The molecule has 0 spiro atoms. The predicted octanol–water partition coefficient (Wildman–Crippen LogP) is 2.37. The molecular formula is C18H31N3O3. The molecule has 3 atom stereocenters. The number of rotatable bonds is 4. The summed E-state index contributed by atoms with van der Waals surface area (Å²) in [5.41, 5.74) is -1.30. The minimum atomic E-state index is -0.797. The molecule has 2 heterocycles. The number of hydrogen-bond donors (Lipinski definition) is 1. The number of carbonyl (C=O) groups is 1. The van der Waals surface area contributed by atoms with Gasteiger partial charge in [0.1, 0.15) is 5.60 Å². The van der Waals surface area contributed by atoms with Crippen molar-refractivity contribution in [2.45, 2.75) is 76.7 Å². The number of nitrogens with zero attached hydrogens (tertiary/aromatic N) is 3. The Balaban J connectivity index is 1.99. The summed E-state index contributed by atoms with van der Waals surface area (Å²) in [5, 5.41) is 20.0. The van der Waals surface area contributed by atoms with E-state index in [9.17, 15) is 9.90 Å². The van der Waals surface area contributed by atoms with Crippen molar-refractivity contribution in [2.75, 3.05) is 20.1 Å². The molecule has 6 nitrogen and oxygen atoms in total. The van der Waals surface area contributed by atoms with Gasteiger partial charge in [0.05, 0.1) is 17.6 Å². The van der Waals surface area contributed by atoms with Gasteiger partial charge < -0.3 is 19.6 Å². The van der Waals surface area contributed by atoms with Gasteiger partial charge in [-0.05, 0) is 60.4 Å². The average Bonchev–Trinajstić information content (AvgIpc) is 2.69. The van der Waals surface area contributed by atoms with Gasteiger partial charge in [-0.3, -0.25) is 0 Å². The zero-order valence-corrected chi connectivity index (χ0v) is 15.6. The van der Waals surface area contributed by atoms with Gasteiger partial charge in [0, 0.05) is 25.2 Å². The first kappa shape index (κ1) is 19.0. The van der Waals surface area contributed by atoms with Crippen LogP contribution in [-0.4, -0.2) is 64.4 Å². The average molecular weight is 337 g/mol. The van der Waals surface area contributed by atoms with E-state index in [0.29, 0.717) is 25.9 Å². The van der Waals surface area contributed by atoms with E-state index in [1.165, 1.54) is 0 Å². The summed E-state index contributed by atoms with van der Waals surface area (Å²) < 4.78 is 5.53. The fraction of sp³-hybridized carbons (Fsp3) is 0.889. The second kappa shape index (κ2) is 6.89. The summed E-state index contributed by atoms with van der Waals surface area (Å²) >= 11 is 0. The molecule has 24 heavy (non-hydrogen) atoms. The van der Waals surface area contributed by atoms with Crippen LogP contribution in [0.4, 0.5) is 4.79 Å². The van der Waals surface area contributed by atoms with Crippen LogP contribution in [0.2, 0.25) is 0 Å². The van der Waals surface area contributed by atoms with Crippen LogP contribution in [0.1, 0.15) is 53.4 Å². The molecule has 1 N–H and O–H groups in total. The van der Waals surface area contributed by atoms with Gasteiger partial charge in [0.2, 0.25) is 0 Å². The first-order chi connectivity index (χ1) is 11.0. The Kier molecular flexibility index (Phi) is 5.46. The van der Waals surface area contributed by atoms with Crippen LogP contribution in [0.3, 0.4) is 0 Å². The van der Waals surface area contributed by atoms with Crippen molar-refractivity contribution in [3.63, 3.8) is 0 Å². The number of hydrogen-bond acceptors (Lipinski definition) is 5. The van der Waals surface area contributed by atoms with Gasteiger partial charge in [-0.2, -0.15) is 5.26 Å². The van der Waals surface area contributed by atoms with Crippen molar-refractivity contribution < 1.29 is 14.6 Å². The van der Waals surface area contributed by atoms with E-state index in [0.717, 1.165) is 12.8 Å². The molecule has 0 aromatic rings. The summed E-state index contributed by atoms with van der Waals surface area (Å²) in [6.45, 7) is 8.68. The molecule has 2 aliphatic rings. The SMILES string of the molecule is CC(C#N)CN(C)CC1(O)CC2CCC(C1)N2C(=O)OC(C)(C)C. The fourth-order valence-corrected chi connectivity index (χ4v) is 4.14. The smallest absolute Gasteiger partial charge is 0.410 e. The van der Waals surface area contributed by atoms with Crippen LogP contribution in [0.15, 0.2) is 0 Å². The maximum Gasteiger partial charge on any atom is 0.410 e. The molecule has 136 valence electrons. The standard InChI is InChI=1S/C18H31N3O3/c1-13(10-19)11-20(5)12-18(23)8-14-6-7-15(9-18)21(14)16(22)24-17(2,3)4/h13-15,23H,6-9,11-12H2,1-5H3. The number of likely N-dealkylation sites (N-methyl/N-ethyl adjacent to an activating group) is 1. The number of nitriles is 1. The molecule has 2 rings (SSSR count). The molecule has 2 fully saturated rings. The monoisotopic (exact) mass is 337 g/mol. The molecule has 2 saturated heterocycles. The van der Waals surface area contributed by atoms with Gasteiger partial charge in [-0.15, -0.1) is 0 Å². The number of amides is 1. The Morgan fingerprint density at radius 3 is 2.42 bits per heavy atom. The van der Waals surface area contributed by atoms with Crippen molar-refractivity contribution in [1.82, 2.24) is 9.80 Å². The zero-order valence-electron chi connectivity index (χ0n) is 15.6. The topological polar surface area (TPSA) is 76.8 Å². The molecular weight excluding hydrogens is 306 g/mol. The largest absolute Gasteiger partial charge is 0.444 e. The van der Waals surface area contributed by atoms with Crippen molar-refractivity contribution in [2.24, 2.45) is 5.92 Å². The third-order valence-corrected chi connectivity index (χ3v) is 4.83. The summed E-state index contributed by atoms with van der Waals surface area (Å²) in [7, 11) is 1.94. The lowest BCUT2D eigenvalue weighted by molar-refractivity contribution is -0.0712. The van der Waals surface area contributed by atoms with Crippen LogP contribution >= 0.6 is 0 Å². The quantitative estimate of drug-likeness (QED) is 0.852.